The van der Waals surface area contributed by atoms with E-state index in [1.807, 2.05) is 6.07 Å². The first kappa shape index (κ1) is 13.5. The first-order valence-corrected chi connectivity index (χ1v) is 5.01. The molecule has 18 heavy (non-hydrogen) atoms. The van der Waals surface area contributed by atoms with E-state index in [-0.39, 0.29) is 5.56 Å². The third-order valence-electron chi connectivity index (χ3n) is 2.19. The van der Waals surface area contributed by atoms with Crippen LogP contribution >= 0.6 is 0 Å². The minimum absolute atomic E-state index is 0.219. The normalized spacial score (nSPS) is 9.83. The fraction of sp³-hybridized carbons (Fsp3) is 0.154. The molecule has 0 amide bonds. The predicted molar refractivity (Wildman–Crippen MR) is 63.5 cm³/mol. The lowest BCUT2D eigenvalue weighted by Crippen LogP contribution is -2.04. The second kappa shape index (κ2) is 6.21. The number of rotatable bonds is 3. The molecular formula is C13H11NO4. The van der Waals surface area contributed by atoms with Crippen LogP contribution in [0.5, 0.6) is 0 Å². The molecule has 0 aliphatic carbocycles. The maximum Gasteiger partial charge on any atom is 0.338 e. The third kappa shape index (κ3) is 3.19. The van der Waals surface area contributed by atoms with Crippen LogP contribution in [0.1, 0.15) is 21.5 Å². The van der Waals surface area contributed by atoms with Crippen molar-refractivity contribution in [3.63, 3.8) is 0 Å². The molecule has 0 aromatic heterocycles. The van der Waals surface area contributed by atoms with Crippen LogP contribution < -0.4 is 0 Å². The monoisotopic (exact) mass is 245 g/mol. The van der Waals surface area contributed by atoms with E-state index < -0.39 is 11.9 Å². The van der Waals surface area contributed by atoms with Gasteiger partial charge in [0.1, 0.15) is 0 Å². The summed E-state index contributed by atoms with van der Waals surface area (Å²) < 4.78 is 9.06. The molecule has 1 aromatic carbocycles. The van der Waals surface area contributed by atoms with E-state index in [2.05, 4.69) is 9.47 Å². The van der Waals surface area contributed by atoms with Crippen molar-refractivity contribution in [1.29, 1.82) is 5.26 Å². The highest BCUT2D eigenvalue weighted by Crippen LogP contribution is 2.15. The number of hydrogen-bond acceptors (Lipinski definition) is 5. The average molecular weight is 245 g/mol. The zero-order valence-electron chi connectivity index (χ0n) is 9.97. The average Bonchev–Trinajstić information content (AvgIpc) is 2.43. The Bertz CT molecular complexity index is 540. The molecule has 0 heterocycles. The fourth-order valence-electron chi connectivity index (χ4n) is 1.28. The lowest BCUT2D eigenvalue weighted by Gasteiger charge is -2.04. The first-order chi connectivity index (χ1) is 8.62. The van der Waals surface area contributed by atoms with Crippen LogP contribution in [0.3, 0.4) is 0 Å². The lowest BCUT2D eigenvalue weighted by molar-refractivity contribution is -0.134. The van der Waals surface area contributed by atoms with Gasteiger partial charge in [-0.3, -0.25) is 0 Å². The van der Waals surface area contributed by atoms with Crippen molar-refractivity contribution in [2.24, 2.45) is 0 Å². The van der Waals surface area contributed by atoms with E-state index in [0.29, 0.717) is 11.1 Å². The number of methoxy groups -OCH3 is 2. The van der Waals surface area contributed by atoms with Gasteiger partial charge in [-0.1, -0.05) is 6.07 Å². The maximum atomic E-state index is 11.5. The fourth-order valence-corrected chi connectivity index (χ4v) is 1.28. The standard InChI is InChI=1S/C13H11NO4/c1-17-12(15)6-5-10-4-3-9(8-14)7-11(10)13(16)18-2/h3-7H,1-2H3/b6-5+. The Balaban J connectivity index is 3.19. The highest BCUT2D eigenvalue weighted by Gasteiger charge is 2.11. The molecule has 0 unspecified atom stereocenters. The number of nitriles is 1. The minimum Gasteiger partial charge on any atom is -0.466 e. The lowest BCUT2D eigenvalue weighted by atomic mass is 10.0. The number of ether oxygens (including phenoxy) is 2. The SMILES string of the molecule is COC(=O)/C=C/c1ccc(C#N)cc1C(=O)OC. The number of hydrogen-bond donors (Lipinski definition) is 0. The zero-order valence-corrected chi connectivity index (χ0v) is 9.97. The van der Waals surface area contributed by atoms with Crippen LogP contribution in [0.2, 0.25) is 0 Å². The number of carbonyl (C=O) groups excluding carboxylic acids is 2. The minimum atomic E-state index is -0.573. The largest absolute Gasteiger partial charge is 0.466 e. The molecule has 0 fully saturated rings. The second-order valence-electron chi connectivity index (χ2n) is 3.26. The van der Waals surface area contributed by atoms with Crippen LogP contribution in [0.15, 0.2) is 24.3 Å². The Kier molecular flexibility index (Phi) is 4.64. The molecule has 92 valence electrons. The Morgan fingerprint density at radius 1 is 1.28 bits per heavy atom. The van der Waals surface area contributed by atoms with Crippen molar-refractivity contribution >= 4 is 18.0 Å². The number of carbonyl (C=O) groups is 2. The summed E-state index contributed by atoms with van der Waals surface area (Å²) in [5, 5.41) is 8.77. The van der Waals surface area contributed by atoms with E-state index >= 15 is 0 Å². The van der Waals surface area contributed by atoms with Gasteiger partial charge in [0.15, 0.2) is 0 Å². The second-order valence-corrected chi connectivity index (χ2v) is 3.26. The van der Waals surface area contributed by atoms with E-state index in [1.54, 1.807) is 12.1 Å². The number of benzene rings is 1. The van der Waals surface area contributed by atoms with E-state index in [1.165, 1.54) is 32.4 Å². The highest BCUT2D eigenvalue weighted by molar-refractivity contribution is 5.96. The molecule has 0 spiro atoms. The Labute approximate surface area is 104 Å². The number of nitrogens with zero attached hydrogens (tertiary/aromatic N) is 1. The van der Waals surface area contributed by atoms with Gasteiger partial charge in [-0.15, -0.1) is 0 Å². The molecule has 0 radical (unpaired) electrons. The first-order valence-electron chi connectivity index (χ1n) is 5.01. The molecular weight excluding hydrogens is 234 g/mol. The number of esters is 2. The molecule has 1 rings (SSSR count). The van der Waals surface area contributed by atoms with Crippen molar-refractivity contribution in [1.82, 2.24) is 0 Å². The van der Waals surface area contributed by atoms with Gasteiger partial charge in [0.25, 0.3) is 0 Å². The van der Waals surface area contributed by atoms with Gasteiger partial charge in [0.2, 0.25) is 0 Å². The third-order valence-corrected chi connectivity index (χ3v) is 2.19. The topological polar surface area (TPSA) is 76.4 Å². The van der Waals surface area contributed by atoms with Crippen LogP contribution in [0.4, 0.5) is 0 Å². The Morgan fingerprint density at radius 3 is 2.56 bits per heavy atom. The van der Waals surface area contributed by atoms with Crippen LogP contribution in [-0.2, 0) is 14.3 Å². The van der Waals surface area contributed by atoms with Crippen molar-refractivity contribution in [2.45, 2.75) is 0 Å². The van der Waals surface area contributed by atoms with Crippen molar-refractivity contribution in [2.75, 3.05) is 14.2 Å². The summed E-state index contributed by atoms with van der Waals surface area (Å²) in [6.07, 6.45) is 2.62. The summed E-state index contributed by atoms with van der Waals surface area (Å²) >= 11 is 0. The van der Waals surface area contributed by atoms with Gasteiger partial charge < -0.3 is 9.47 Å². The van der Waals surface area contributed by atoms with Crippen LogP contribution in [-0.4, -0.2) is 26.2 Å². The van der Waals surface area contributed by atoms with Crippen molar-refractivity contribution in [3.05, 3.63) is 41.0 Å². The van der Waals surface area contributed by atoms with E-state index in [0.717, 1.165) is 0 Å². The van der Waals surface area contributed by atoms with Crippen molar-refractivity contribution in [3.8, 4) is 6.07 Å². The maximum absolute atomic E-state index is 11.5. The van der Waals surface area contributed by atoms with Crippen LogP contribution in [0, 0.1) is 11.3 Å². The Hall–Kier alpha value is -2.61. The molecule has 0 aliphatic rings. The zero-order chi connectivity index (χ0) is 13.5. The molecule has 5 nitrogen and oxygen atoms in total. The Morgan fingerprint density at radius 2 is 2.00 bits per heavy atom. The highest BCUT2D eigenvalue weighted by atomic mass is 16.5. The van der Waals surface area contributed by atoms with Gasteiger partial charge in [-0.2, -0.15) is 5.26 Å². The summed E-state index contributed by atoms with van der Waals surface area (Å²) in [5.41, 5.74) is 1.04. The van der Waals surface area contributed by atoms with Crippen LogP contribution in [0.25, 0.3) is 6.08 Å². The van der Waals surface area contributed by atoms with Gasteiger partial charge in [-0.05, 0) is 23.8 Å². The van der Waals surface area contributed by atoms with Gasteiger partial charge in [0, 0.05) is 6.08 Å². The smallest absolute Gasteiger partial charge is 0.338 e. The molecule has 0 saturated heterocycles. The molecule has 0 aliphatic heterocycles. The van der Waals surface area contributed by atoms with Gasteiger partial charge in [0.05, 0.1) is 31.4 Å². The molecule has 5 heteroatoms. The summed E-state index contributed by atoms with van der Waals surface area (Å²) in [7, 11) is 2.50. The quantitative estimate of drug-likeness (QED) is 0.596. The van der Waals surface area contributed by atoms with E-state index in [9.17, 15) is 9.59 Å². The molecule has 0 N–H and O–H groups in total. The van der Waals surface area contributed by atoms with E-state index in [4.69, 9.17) is 5.26 Å². The molecule has 0 bridgehead atoms. The van der Waals surface area contributed by atoms with Gasteiger partial charge in [-0.25, -0.2) is 9.59 Å². The summed E-state index contributed by atoms with van der Waals surface area (Å²) in [4.78, 5) is 22.5. The summed E-state index contributed by atoms with van der Waals surface area (Å²) in [6.45, 7) is 0. The summed E-state index contributed by atoms with van der Waals surface area (Å²) in [6, 6.07) is 6.44. The molecule has 1 aromatic rings. The molecule has 0 atom stereocenters. The van der Waals surface area contributed by atoms with Crippen molar-refractivity contribution < 1.29 is 19.1 Å². The summed E-state index contributed by atoms with van der Waals surface area (Å²) in [5.74, 6) is -1.10. The predicted octanol–water partition coefficient (Wildman–Crippen LogP) is 1.53. The van der Waals surface area contributed by atoms with Gasteiger partial charge >= 0.3 is 11.9 Å². The molecule has 0 saturated carbocycles.